The minimum Gasteiger partial charge on any atom is -0.497 e. The second-order valence-electron chi connectivity index (χ2n) is 9.62. The molecular formula is C32H30FN5O5. The Morgan fingerprint density at radius 3 is 2.35 bits per heavy atom. The number of methoxy groups -OCH3 is 3. The van der Waals surface area contributed by atoms with Crippen LogP contribution in [0.5, 0.6) is 17.2 Å². The van der Waals surface area contributed by atoms with Crippen LogP contribution in [0, 0.1) is 5.82 Å². The first-order valence-electron chi connectivity index (χ1n) is 13.4. The number of hydrogen-bond donors (Lipinski definition) is 1. The van der Waals surface area contributed by atoms with Gasteiger partial charge in [-0.2, -0.15) is 0 Å². The molecule has 1 heterocycles. The van der Waals surface area contributed by atoms with Crippen molar-refractivity contribution in [3.8, 4) is 17.2 Å². The van der Waals surface area contributed by atoms with E-state index in [0.29, 0.717) is 34.0 Å². The van der Waals surface area contributed by atoms with Gasteiger partial charge in [0.2, 0.25) is 5.91 Å². The third kappa shape index (κ3) is 6.56. The zero-order chi connectivity index (χ0) is 30.3. The summed E-state index contributed by atoms with van der Waals surface area (Å²) in [6, 6.07) is 23.7. The lowest BCUT2D eigenvalue weighted by atomic mass is 10.0. The fourth-order valence-corrected chi connectivity index (χ4v) is 4.76. The van der Waals surface area contributed by atoms with Crippen molar-refractivity contribution in [2.75, 3.05) is 26.6 Å². The number of fused-ring (bicyclic) bond motifs is 1. The molecule has 0 saturated heterocycles. The second kappa shape index (κ2) is 13.0. The number of halogens is 1. The molecule has 1 atom stereocenters. The Morgan fingerprint density at radius 2 is 1.63 bits per heavy atom. The highest BCUT2D eigenvalue weighted by Gasteiger charge is 2.33. The van der Waals surface area contributed by atoms with Gasteiger partial charge in [0.25, 0.3) is 5.91 Å². The zero-order valence-corrected chi connectivity index (χ0v) is 23.9. The summed E-state index contributed by atoms with van der Waals surface area (Å²) in [7, 11) is 4.55. The van der Waals surface area contributed by atoms with Crippen LogP contribution in [0.25, 0.3) is 11.0 Å². The molecule has 10 nitrogen and oxygen atoms in total. The predicted octanol–water partition coefficient (Wildman–Crippen LogP) is 5.01. The quantitative estimate of drug-likeness (QED) is 0.233. The predicted molar refractivity (Wildman–Crippen MR) is 158 cm³/mol. The van der Waals surface area contributed by atoms with Crippen molar-refractivity contribution in [1.29, 1.82) is 0 Å². The van der Waals surface area contributed by atoms with Gasteiger partial charge < -0.3 is 24.4 Å². The number of nitrogens with one attached hydrogen (secondary N) is 1. The number of aromatic nitrogens is 3. The number of amides is 2. The number of hydrogen-bond acceptors (Lipinski definition) is 7. The standard InChI is InChI=1S/C32H30FN5O5/c1-41-24-13-11-21(12-14-24)19-37(30(39)20-38-28-10-5-4-9-26(28)35-36-38)31(22-7-6-8-23(33)17-22)32(40)34-27-16-15-25(42-2)18-29(27)43-3/h4-18,31H,19-20H2,1-3H3,(H,34,40)/t31-/m0/s1. The maximum atomic E-state index is 14.6. The number of benzene rings is 4. The smallest absolute Gasteiger partial charge is 0.251 e. The minimum atomic E-state index is -1.23. The molecule has 0 aliphatic heterocycles. The molecule has 1 N–H and O–H groups in total. The van der Waals surface area contributed by atoms with Gasteiger partial charge in [-0.3, -0.25) is 9.59 Å². The van der Waals surface area contributed by atoms with Gasteiger partial charge in [0.15, 0.2) is 0 Å². The number of rotatable bonds is 11. The highest BCUT2D eigenvalue weighted by Crippen LogP contribution is 2.32. The first-order valence-corrected chi connectivity index (χ1v) is 13.4. The Kier molecular flexibility index (Phi) is 8.80. The van der Waals surface area contributed by atoms with Crippen molar-refractivity contribution in [2.24, 2.45) is 0 Å². The number of ether oxygens (including phenoxy) is 3. The molecule has 5 aromatic rings. The van der Waals surface area contributed by atoms with Crippen LogP contribution in [0.15, 0.2) is 91.0 Å². The number of anilines is 1. The zero-order valence-electron chi connectivity index (χ0n) is 23.9. The van der Waals surface area contributed by atoms with E-state index in [0.717, 1.165) is 5.56 Å². The van der Waals surface area contributed by atoms with E-state index >= 15 is 0 Å². The molecule has 11 heteroatoms. The minimum absolute atomic E-state index is 0.0316. The van der Waals surface area contributed by atoms with Gasteiger partial charge in [-0.05, 0) is 59.7 Å². The van der Waals surface area contributed by atoms with Crippen molar-refractivity contribution >= 4 is 28.5 Å². The van der Waals surface area contributed by atoms with E-state index in [1.807, 2.05) is 18.2 Å². The maximum Gasteiger partial charge on any atom is 0.251 e. The fraction of sp³-hybridized carbons (Fsp3) is 0.188. The van der Waals surface area contributed by atoms with Crippen molar-refractivity contribution < 1.29 is 28.2 Å². The molecule has 0 aliphatic carbocycles. The van der Waals surface area contributed by atoms with Crippen molar-refractivity contribution in [3.63, 3.8) is 0 Å². The largest absolute Gasteiger partial charge is 0.497 e. The van der Waals surface area contributed by atoms with Gasteiger partial charge in [-0.1, -0.05) is 41.6 Å². The van der Waals surface area contributed by atoms with Crippen LogP contribution in [0.4, 0.5) is 10.1 Å². The highest BCUT2D eigenvalue weighted by molar-refractivity contribution is 5.99. The molecule has 0 saturated carbocycles. The third-order valence-corrected chi connectivity index (χ3v) is 6.93. The first kappa shape index (κ1) is 29.1. The summed E-state index contributed by atoms with van der Waals surface area (Å²) in [4.78, 5) is 29.7. The number of nitrogens with zero attached hydrogens (tertiary/aromatic N) is 4. The van der Waals surface area contributed by atoms with Crippen LogP contribution in [0.1, 0.15) is 17.2 Å². The Hall–Kier alpha value is -5.45. The summed E-state index contributed by atoms with van der Waals surface area (Å²) >= 11 is 0. The molecule has 1 aromatic heterocycles. The molecule has 0 bridgehead atoms. The Morgan fingerprint density at radius 1 is 0.884 bits per heavy atom. The lowest BCUT2D eigenvalue weighted by molar-refractivity contribution is -0.140. The summed E-state index contributed by atoms with van der Waals surface area (Å²) in [5.41, 5.74) is 2.66. The van der Waals surface area contributed by atoms with Crippen molar-refractivity contribution in [3.05, 3.63) is 108 Å². The molecule has 0 spiro atoms. The van der Waals surface area contributed by atoms with Gasteiger partial charge in [0, 0.05) is 12.6 Å². The molecule has 2 amide bonds. The molecule has 0 unspecified atom stereocenters. The van der Waals surface area contributed by atoms with E-state index in [2.05, 4.69) is 15.6 Å². The summed E-state index contributed by atoms with van der Waals surface area (Å²) in [6.07, 6.45) is 0. The summed E-state index contributed by atoms with van der Waals surface area (Å²) in [5, 5.41) is 11.2. The average Bonchev–Trinajstić information content (AvgIpc) is 3.43. The van der Waals surface area contributed by atoms with Gasteiger partial charge in [-0.25, -0.2) is 9.07 Å². The van der Waals surface area contributed by atoms with Crippen LogP contribution in [0.2, 0.25) is 0 Å². The van der Waals surface area contributed by atoms with Gasteiger partial charge in [-0.15, -0.1) is 5.10 Å². The molecule has 0 aliphatic rings. The SMILES string of the molecule is COc1ccc(CN(C(=O)Cn2nnc3ccccc32)[C@H](C(=O)Nc2ccc(OC)cc2OC)c2cccc(F)c2)cc1. The number of carbonyl (C=O) groups is 2. The summed E-state index contributed by atoms with van der Waals surface area (Å²) in [5.74, 6) is -0.0177. The molecule has 220 valence electrons. The molecule has 5 rings (SSSR count). The van der Waals surface area contributed by atoms with Gasteiger partial charge in [0.1, 0.15) is 41.2 Å². The van der Waals surface area contributed by atoms with E-state index in [-0.39, 0.29) is 18.7 Å². The van der Waals surface area contributed by atoms with E-state index in [4.69, 9.17) is 14.2 Å². The van der Waals surface area contributed by atoms with Crippen LogP contribution in [0.3, 0.4) is 0 Å². The first-order chi connectivity index (χ1) is 20.9. The normalized spacial score (nSPS) is 11.5. The molecule has 0 radical (unpaired) electrons. The highest BCUT2D eigenvalue weighted by atomic mass is 19.1. The van der Waals surface area contributed by atoms with Gasteiger partial charge >= 0.3 is 0 Å². The van der Waals surface area contributed by atoms with Crippen LogP contribution in [-0.4, -0.2) is 53.0 Å². The number of carbonyl (C=O) groups excluding carboxylic acids is 2. The topological polar surface area (TPSA) is 108 Å². The average molecular weight is 584 g/mol. The van der Waals surface area contributed by atoms with Crippen LogP contribution in [-0.2, 0) is 22.7 Å². The third-order valence-electron chi connectivity index (χ3n) is 6.93. The van der Waals surface area contributed by atoms with E-state index in [1.165, 1.54) is 42.0 Å². The van der Waals surface area contributed by atoms with E-state index < -0.39 is 23.7 Å². The van der Waals surface area contributed by atoms with E-state index in [9.17, 15) is 14.0 Å². The molecule has 4 aromatic carbocycles. The van der Waals surface area contributed by atoms with Crippen molar-refractivity contribution in [2.45, 2.75) is 19.1 Å². The number of para-hydroxylation sites is 1. The second-order valence-corrected chi connectivity index (χ2v) is 9.62. The molecule has 0 fully saturated rings. The fourth-order valence-electron chi connectivity index (χ4n) is 4.76. The van der Waals surface area contributed by atoms with Gasteiger partial charge in [0.05, 0.1) is 32.5 Å². The Bertz CT molecular complexity index is 1740. The Balaban J connectivity index is 1.57. The lowest BCUT2D eigenvalue weighted by Gasteiger charge is -2.32. The molecular weight excluding hydrogens is 553 g/mol. The molecule has 43 heavy (non-hydrogen) atoms. The Labute approximate surface area is 247 Å². The van der Waals surface area contributed by atoms with Crippen LogP contribution >= 0.6 is 0 Å². The monoisotopic (exact) mass is 583 g/mol. The van der Waals surface area contributed by atoms with Crippen molar-refractivity contribution in [1.82, 2.24) is 19.9 Å². The summed E-state index contributed by atoms with van der Waals surface area (Å²) < 4.78 is 32.1. The maximum absolute atomic E-state index is 14.6. The lowest BCUT2D eigenvalue weighted by Crippen LogP contribution is -2.42. The van der Waals surface area contributed by atoms with Crippen LogP contribution < -0.4 is 19.5 Å². The van der Waals surface area contributed by atoms with E-state index in [1.54, 1.807) is 61.7 Å². The summed E-state index contributed by atoms with van der Waals surface area (Å²) in [6.45, 7) is -0.175.